The Hall–Kier alpha value is -1.33. The molecule has 1 aliphatic heterocycles. The van der Waals surface area contributed by atoms with E-state index in [9.17, 15) is 4.79 Å². The molecule has 1 saturated heterocycles. The predicted octanol–water partition coefficient (Wildman–Crippen LogP) is 2.50. The first kappa shape index (κ1) is 16.1. The maximum Gasteiger partial charge on any atom is 0.302 e. The summed E-state index contributed by atoms with van der Waals surface area (Å²) in [6, 6.07) is 9.87. The molecule has 116 valence electrons. The highest BCUT2D eigenvalue weighted by molar-refractivity contribution is 6.81. The lowest BCUT2D eigenvalue weighted by Gasteiger charge is -2.37. The molecular weight excluding hydrogens is 267 g/mol. The predicted molar refractivity (Wildman–Crippen MR) is 83.6 cm³/mol. The molecule has 0 aromatic heterocycles. The van der Waals surface area contributed by atoms with Crippen LogP contribution in [-0.4, -0.2) is 30.8 Å². The molecule has 0 saturated carbocycles. The smallest absolute Gasteiger partial charge is 0.302 e. The molecule has 0 N–H and O–H groups in total. The number of methoxy groups -OCH3 is 1. The SMILES string of the molecule is COC(=O)CC[B-]1(c2ccccc2)OC(C)(C)C(C)(C)O1. The number of hydrogen-bond acceptors (Lipinski definition) is 4. The number of hydrogen-bond donors (Lipinski definition) is 0. The summed E-state index contributed by atoms with van der Waals surface area (Å²) in [5, 5.41) is 0. The van der Waals surface area contributed by atoms with Gasteiger partial charge in [-0.3, -0.25) is 4.79 Å². The minimum atomic E-state index is -1.70. The van der Waals surface area contributed by atoms with Crippen molar-refractivity contribution in [3.63, 3.8) is 0 Å². The highest BCUT2D eigenvalue weighted by atomic mass is 16.7. The van der Waals surface area contributed by atoms with Crippen molar-refractivity contribution in [2.45, 2.75) is 51.6 Å². The van der Waals surface area contributed by atoms with E-state index in [-0.39, 0.29) is 12.4 Å². The van der Waals surface area contributed by atoms with E-state index in [1.165, 1.54) is 7.11 Å². The Balaban J connectivity index is 2.35. The number of carbonyl (C=O) groups excluding carboxylic acids is 1. The van der Waals surface area contributed by atoms with Crippen LogP contribution in [0.4, 0.5) is 0 Å². The van der Waals surface area contributed by atoms with Gasteiger partial charge in [0.2, 0.25) is 0 Å². The summed E-state index contributed by atoms with van der Waals surface area (Å²) in [4.78, 5) is 11.5. The molecule has 0 unspecified atom stereocenters. The summed E-state index contributed by atoms with van der Waals surface area (Å²) < 4.78 is 17.5. The first-order valence-corrected chi connectivity index (χ1v) is 7.41. The second-order valence-corrected chi connectivity index (χ2v) is 6.65. The quantitative estimate of drug-likeness (QED) is 0.631. The van der Waals surface area contributed by atoms with Crippen LogP contribution in [0.3, 0.4) is 0 Å². The lowest BCUT2D eigenvalue weighted by Crippen LogP contribution is -2.51. The molecule has 1 heterocycles. The van der Waals surface area contributed by atoms with Crippen LogP contribution in [0.2, 0.25) is 6.32 Å². The van der Waals surface area contributed by atoms with Crippen molar-refractivity contribution in [3.8, 4) is 0 Å². The molecule has 5 heteroatoms. The van der Waals surface area contributed by atoms with Crippen molar-refractivity contribution in [1.29, 1.82) is 0 Å². The Morgan fingerprint density at radius 2 is 1.62 bits per heavy atom. The van der Waals surface area contributed by atoms with Crippen LogP contribution < -0.4 is 5.46 Å². The van der Waals surface area contributed by atoms with Gasteiger partial charge in [0.1, 0.15) is 0 Å². The van der Waals surface area contributed by atoms with Crippen LogP contribution in [0.25, 0.3) is 0 Å². The number of rotatable bonds is 4. The Labute approximate surface area is 126 Å². The monoisotopic (exact) mass is 291 g/mol. The summed E-state index contributed by atoms with van der Waals surface area (Å²) in [5.41, 5.74) is 0.123. The molecule has 4 nitrogen and oxygen atoms in total. The lowest BCUT2D eigenvalue weighted by atomic mass is 9.48. The molecule has 1 fully saturated rings. The molecule has 1 aliphatic rings. The molecule has 21 heavy (non-hydrogen) atoms. The van der Waals surface area contributed by atoms with Crippen LogP contribution >= 0.6 is 0 Å². The van der Waals surface area contributed by atoms with Gasteiger partial charge in [0.15, 0.2) is 0 Å². The Bertz CT molecular complexity index is 494. The van der Waals surface area contributed by atoms with Crippen LogP contribution in [0.1, 0.15) is 34.1 Å². The van der Waals surface area contributed by atoms with E-state index in [0.717, 1.165) is 5.46 Å². The third-order valence-corrected chi connectivity index (χ3v) is 4.68. The molecule has 1 aromatic rings. The van der Waals surface area contributed by atoms with Crippen LogP contribution in [0.5, 0.6) is 0 Å². The van der Waals surface area contributed by atoms with Crippen molar-refractivity contribution < 1.29 is 18.8 Å². The van der Waals surface area contributed by atoms with Crippen LogP contribution in [0.15, 0.2) is 30.3 Å². The van der Waals surface area contributed by atoms with Gasteiger partial charge in [-0.1, -0.05) is 30.3 Å². The fourth-order valence-corrected chi connectivity index (χ4v) is 2.84. The average molecular weight is 291 g/mol. The van der Waals surface area contributed by atoms with Crippen molar-refractivity contribution in [3.05, 3.63) is 30.3 Å². The minimum absolute atomic E-state index is 0.248. The molecule has 2 rings (SSSR count). The van der Waals surface area contributed by atoms with Gasteiger partial charge in [0.05, 0.1) is 7.11 Å². The molecule has 1 aromatic carbocycles. The molecule has 0 amide bonds. The van der Waals surface area contributed by atoms with Crippen LogP contribution in [-0.2, 0) is 18.8 Å². The zero-order chi connectivity index (χ0) is 15.7. The summed E-state index contributed by atoms with van der Waals surface area (Å²) in [7, 11) is 1.40. The van der Waals surface area contributed by atoms with E-state index in [2.05, 4.69) is 0 Å². The molecular formula is C16H24BO4-. The standard InChI is InChI=1S/C16H24BO4/c1-15(2)16(3,4)21-17(20-15,12-11-14(18)19-5)13-9-7-6-8-10-13/h6-10H,11-12H2,1-5H3/q-1. The summed E-state index contributed by atoms with van der Waals surface area (Å²) in [6.07, 6.45) is 0.765. The second kappa shape index (κ2) is 5.46. The first-order chi connectivity index (χ1) is 9.72. The van der Waals surface area contributed by atoms with Gasteiger partial charge in [-0.2, -0.15) is 5.46 Å². The summed E-state index contributed by atoms with van der Waals surface area (Å²) in [6.45, 7) is 6.40. The highest BCUT2D eigenvalue weighted by Crippen LogP contribution is 2.43. The van der Waals surface area contributed by atoms with E-state index in [0.29, 0.717) is 6.32 Å². The zero-order valence-corrected chi connectivity index (χ0v) is 13.5. The van der Waals surface area contributed by atoms with Crippen molar-refractivity contribution >= 4 is 18.0 Å². The highest BCUT2D eigenvalue weighted by Gasteiger charge is 2.51. The Kier molecular flexibility index (Phi) is 4.18. The van der Waals surface area contributed by atoms with E-state index in [1.54, 1.807) is 0 Å². The number of carbonyl (C=O) groups is 1. The lowest BCUT2D eigenvalue weighted by molar-refractivity contribution is -0.140. The second-order valence-electron chi connectivity index (χ2n) is 6.65. The minimum Gasteiger partial charge on any atom is -0.558 e. The van der Waals surface area contributed by atoms with Crippen molar-refractivity contribution in [2.75, 3.05) is 7.11 Å². The molecule has 0 aliphatic carbocycles. The topological polar surface area (TPSA) is 44.8 Å². The first-order valence-electron chi connectivity index (χ1n) is 7.41. The molecule has 0 spiro atoms. The van der Waals surface area contributed by atoms with Crippen molar-refractivity contribution in [2.24, 2.45) is 0 Å². The normalized spacial score (nSPS) is 22.0. The van der Waals surface area contributed by atoms with E-state index in [4.69, 9.17) is 14.0 Å². The van der Waals surface area contributed by atoms with E-state index >= 15 is 0 Å². The average Bonchev–Trinajstić information content (AvgIpc) is 2.63. The summed E-state index contributed by atoms with van der Waals surface area (Å²) in [5.74, 6) is -0.248. The Morgan fingerprint density at radius 1 is 1.10 bits per heavy atom. The molecule has 0 atom stereocenters. The van der Waals surface area contributed by atoms with Crippen LogP contribution in [0, 0.1) is 0 Å². The molecule has 0 bridgehead atoms. The van der Waals surface area contributed by atoms with Gasteiger partial charge in [0, 0.05) is 17.6 Å². The zero-order valence-electron chi connectivity index (χ0n) is 13.5. The van der Waals surface area contributed by atoms with Gasteiger partial charge < -0.3 is 14.0 Å². The van der Waals surface area contributed by atoms with Gasteiger partial charge in [0.25, 0.3) is 6.55 Å². The van der Waals surface area contributed by atoms with Gasteiger partial charge in [-0.25, -0.2) is 0 Å². The number of esters is 1. The van der Waals surface area contributed by atoms with Gasteiger partial charge in [-0.15, -0.1) is 6.32 Å². The van der Waals surface area contributed by atoms with Crippen molar-refractivity contribution in [1.82, 2.24) is 0 Å². The van der Waals surface area contributed by atoms with E-state index in [1.807, 2.05) is 58.0 Å². The molecule has 0 radical (unpaired) electrons. The van der Waals surface area contributed by atoms with E-state index < -0.39 is 17.8 Å². The summed E-state index contributed by atoms with van der Waals surface area (Å²) >= 11 is 0. The maximum absolute atomic E-state index is 11.5. The third-order valence-electron chi connectivity index (χ3n) is 4.68. The van der Waals surface area contributed by atoms with Gasteiger partial charge >= 0.3 is 5.97 Å². The largest absolute Gasteiger partial charge is 0.558 e. The third kappa shape index (κ3) is 2.99. The van der Waals surface area contributed by atoms with Gasteiger partial charge in [-0.05, 0) is 27.7 Å². The maximum atomic E-state index is 11.5. The number of ether oxygens (including phenoxy) is 1. The fraction of sp³-hybridized carbons (Fsp3) is 0.562. The number of benzene rings is 1. The Morgan fingerprint density at radius 3 is 2.10 bits per heavy atom. The fourth-order valence-electron chi connectivity index (χ4n) is 2.84.